The fourth-order valence-electron chi connectivity index (χ4n) is 1.27. The summed E-state index contributed by atoms with van der Waals surface area (Å²) in [5.74, 6) is 1.05. The van der Waals surface area contributed by atoms with E-state index in [9.17, 15) is 0 Å². The molecule has 0 atom stereocenters. The minimum Gasteiger partial charge on any atom is -0.350 e. The van der Waals surface area contributed by atoms with Crippen LogP contribution in [0.3, 0.4) is 0 Å². The van der Waals surface area contributed by atoms with Crippen LogP contribution >= 0.6 is 0 Å². The molecule has 12 heavy (non-hydrogen) atoms. The largest absolute Gasteiger partial charge is 0.350 e. The summed E-state index contributed by atoms with van der Waals surface area (Å²) < 4.78 is 0. The van der Waals surface area contributed by atoms with Crippen molar-refractivity contribution in [1.29, 1.82) is 0 Å². The van der Waals surface area contributed by atoms with Gasteiger partial charge in [-0.3, -0.25) is 4.99 Å². The van der Waals surface area contributed by atoms with E-state index < -0.39 is 0 Å². The van der Waals surface area contributed by atoms with E-state index in [2.05, 4.69) is 14.9 Å². The van der Waals surface area contributed by atoms with Gasteiger partial charge in [0.1, 0.15) is 5.82 Å². The van der Waals surface area contributed by atoms with Crippen LogP contribution in [0.1, 0.15) is 0 Å². The van der Waals surface area contributed by atoms with E-state index >= 15 is 0 Å². The number of anilines is 1. The van der Waals surface area contributed by atoms with Crippen LogP contribution in [0.15, 0.2) is 29.4 Å². The lowest BCUT2D eigenvalue weighted by Gasteiger charge is -2.23. The van der Waals surface area contributed by atoms with Gasteiger partial charge < -0.3 is 4.90 Å². The first-order chi connectivity index (χ1) is 5.97. The van der Waals surface area contributed by atoms with Gasteiger partial charge in [0.2, 0.25) is 0 Å². The number of pyridine rings is 1. The molecule has 2 rings (SSSR count). The zero-order chi connectivity index (χ0) is 8.23. The number of hydrogen-bond donors (Lipinski definition) is 0. The lowest BCUT2D eigenvalue weighted by molar-refractivity contribution is 0.818. The van der Waals surface area contributed by atoms with Crippen molar-refractivity contribution in [2.45, 2.75) is 0 Å². The highest BCUT2D eigenvalue weighted by Gasteiger charge is 2.07. The summed E-state index contributed by atoms with van der Waals surface area (Å²) in [6.07, 6.45) is 3.76. The van der Waals surface area contributed by atoms with Gasteiger partial charge in [-0.25, -0.2) is 4.98 Å². The minimum absolute atomic E-state index is 0.885. The van der Waals surface area contributed by atoms with Crippen molar-refractivity contribution in [3.8, 4) is 0 Å². The van der Waals surface area contributed by atoms with Gasteiger partial charge in [-0.2, -0.15) is 0 Å². The van der Waals surface area contributed by atoms with Crippen molar-refractivity contribution in [2.75, 3.05) is 24.5 Å². The van der Waals surface area contributed by atoms with Crippen molar-refractivity contribution >= 4 is 12.0 Å². The van der Waals surface area contributed by atoms with Crippen molar-refractivity contribution in [1.82, 2.24) is 4.98 Å². The normalized spacial score (nSPS) is 16.5. The predicted molar refractivity (Wildman–Crippen MR) is 49.8 cm³/mol. The van der Waals surface area contributed by atoms with E-state index in [4.69, 9.17) is 0 Å². The number of hydrogen-bond acceptors (Lipinski definition) is 3. The van der Waals surface area contributed by atoms with Crippen LogP contribution in [0.2, 0.25) is 0 Å². The molecular formula is C9H11N3. The molecule has 0 aliphatic carbocycles. The number of aromatic nitrogens is 1. The van der Waals surface area contributed by atoms with Crippen LogP contribution in [0.25, 0.3) is 0 Å². The summed E-state index contributed by atoms with van der Waals surface area (Å²) >= 11 is 0. The summed E-state index contributed by atoms with van der Waals surface area (Å²) in [5, 5.41) is 0. The van der Waals surface area contributed by atoms with Gasteiger partial charge in [0.25, 0.3) is 0 Å². The van der Waals surface area contributed by atoms with E-state index in [1.807, 2.05) is 30.6 Å². The summed E-state index contributed by atoms with van der Waals surface area (Å²) in [4.78, 5) is 10.6. The highest BCUT2D eigenvalue weighted by molar-refractivity contribution is 5.66. The lowest BCUT2D eigenvalue weighted by Crippen LogP contribution is -2.32. The fourth-order valence-corrected chi connectivity index (χ4v) is 1.27. The Morgan fingerprint density at radius 1 is 1.33 bits per heavy atom. The van der Waals surface area contributed by atoms with Gasteiger partial charge >= 0.3 is 0 Å². The molecule has 62 valence electrons. The molecular weight excluding hydrogens is 150 g/mol. The Morgan fingerprint density at radius 3 is 3.00 bits per heavy atom. The Morgan fingerprint density at radius 2 is 2.33 bits per heavy atom. The van der Waals surface area contributed by atoms with Gasteiger partial charge in [0, 0.05) is 19.0 Å². The van der Waals surface area contributed by atoms with Gasteiger partial charge in [-0.15, -0.1) is 0 Å². The average molecular weight is 161 g/mol. The summed E-state index contributed by atoms with van der Waals surface area (Å²) in [6.45, 7) is 2.75. The van der Waals surface area contributed by atoms with Crippen LogP contribution in [-0.4, -0.2) is 30.8 Å². The van der Waals surface area contributed by atoms with Crippen LogP contribution < -0.4 is 4.90 Å². The monoisotopic (exact) mass is 161 g/mol. The molecule has 1 aliphatic heterocycles. The second-order valence-corrected chi connectivity index (χ2v) is 2.72. The maximum atomic E-state index is 4.27. The maximum absolute atomic E-state index is 4.27. The molecule has 0 unspecified atom stereocenters. The highest BCUT2D eigenvalue weighted by atomic mass is 15.2. The average Bonchev–Trinajstić information content (AvgIpc) is 2.21. The SMILES string of the molecule is C1=NCCN(c2ccccn2)C1. The molecule has 0 bridgehead atoms. The molecule has 0 N–H and O–H groups in total. The lowest BCUT2D eigenvalue weighted by atomic mass is 10.4. The Bertz CT molecular complexity index is 268. The highest BCUT2D eigenvalue weighted by Crippen LogP contribution is 2.08. The van der Waals surface area contributed by atoms with Crippen molar-refractivity contribution in [3.63, 3.8) is 0 Å². The molecule has 1 aromatic rings. The molecule has 1 aliphatic rings. The molecule has 0 aromatic carbocycles. The maximum Gasteiger partial charge on any atom is 0.128 e. The molecule has 0 saturated carbocycles. The Labute approximate surface area is 71.8 Å². The van der Waals surface area contributed by atoms with Crippen LogP contribution in [0.5, 0.6) is 0 Å². The predicted octanol–water partition coefficient (Wildman–Crippen LogP) is 0.972. The molecule has 0 fully saturated rings. The Hall–Kier alpha value is -1.38. The van der Waals surface area contributed by atoms with Gasteiger partial charge in [0.15, 0.2) is 0 Å². The van der Waals surface area contributed by atoms with E-state index in [1.165, 1.54) is 0 Å². The molecule has 2 heterocycles. The number of nitrogens with zero attached hydrogens (tertiary/aromatic N) is 3. The van der Waals surface area contributed by atoms with E-state index in [0.29, 0.717) is 0 Å². The third-order valence-electron chi connectivity index (χ3n) is 1.90. The first-order valence-electron chi connectivity index (χ1n) is 4.11. The van der Waals surface area contributed by atoms with Crippen LogP contribution in [0.4, 0.5) is 5.82 Å². The fraction of sp³-hybridized carbons (Fsp3) is 0.333. The smallest absolute Gasteiger partial charge is 0.128 e. The van der Waals surface area contributed by atoms with Crippen LogP contribution in [-0.2, 0) is 0 Å². The topological polar surface area (TPSA) is 28.5 Å². The van der Waals surface area contributed by atoms with Crippen LogP contribution in [0, 0.1) is 0 Å². The molecule has 1 aromatic heterocycles. The van der Waals surface area contributed by atoms with Crippen molar-refractivity contribution in [3.05, 3.63) is 24.4 Å². The summed E-state index contributed by atoms with van der Waals surface area (Å²) in [7, 11) is 0. The molecule has 0 radical (unpaired) electrons. The summed E-state index contributed by atoms with van der Waals surface area (Å²) in [5.41, 5.74) is 0. The Kier molecular flexibility index (Phi) is 2.03. The van der Waals surface area contributed by atoms with E-state index in [0.717, 1.165) is 25.5 Å². The van der Waals surface area contributed by atoms with Gasteiger partial charge in [0.05, 0.1) is 13.1 Å². The number of aliphatic imine (C=N–C) groups is 1. The standard InChI is InChI=1S/C9H11N3/c1-2-4-11-9(3-1)12-7-5-10-6-8-12/h1-5H,6-8H2. The number of rotatable bonds is 1. The summed E-state index contributed by atoms with van der Waals surface area (Å²) in [6, 6.07) is 5.97. The van der Waals surface area contributed by atoms with E-state index in [1.54, 1.807) is 0 Å². The molecule has 0 spiro atoms. The first kappa shape index (κ1) is 7.28. The zero-order valence-corrected chi connectivity index (χ0v) is 6.85. The first-order valence-corrected chi connectivity index (χ1v) is 4.11. The van der Waals surface area contributed by atoms with Gasteiger partial charge in [-0.1, -0.05) is 6.07 Å². The third-order valence-corrected chi connectivity index (χ3v) is 1.90. The van der Waals surface area contributed by atoms with Crippen molar-refractivity contribution < 1.29 is 0 Å². The quantitative estimate of drug-likeness (QED) is 0.614. The molecule has 0 amide bonds. The third kappa shape index (κ3) is 1.44. The second-order valence-electron chi connectivity index (χ2n) is 2.72. The molecule has 0 saturated heterocycles. The minimum atomic E-state index is 0.885. The Balaban J connectivity index is 2.15. The zero-order valence-electron chi connectivity index (χ0n) is 6.85. The van der Waals surface area contributed by atoms with Gasteiger partial charge in [-0.05, 0) is 12.1 Å². The second kappa shape index (κ2) is 3.34. The van der Waals surface area contributed by atoms with E-state index in [-0.39, 0.29) is 0 Å². The van der Waals surface area contributed by atoms with Crippen molar-refractivity contribution in [2.24, 2.45) is 4.99 Å². The molecule has 3 nitrogen and oxygen atoms in total. The molecule has 3 heteroatoms.